The van der Waals surface area contributed by atoms with Crippen LogP contribution in [0.5, 0.6) is 5.75 Å². The Morgan fingerprint density at radius 1 is 1.24 bits per heavy atom. The monoisotopic (exact) mass is 420 g/mol. The first-order valence-electron chi connectivity index (χ1n) is 9.40. The summed E-state index contributed by atoms with van der Waals surface area (Å²) in [6.45, 7) is 1.91. The van der Waals surface area contributed by atoms with E-state index in [2.05, 4.69) is 0 Å². The van der Waals surface area contributed by atoms with Crippen molar-refractivity contribution in [2.75, 3.05) is 19.9 Å². The Bertz CT molecular complexity index is 1010. The van der Waals surface area contributed by atoms with Gasteiger partial charge in [-0.3, -0.25) is 4.79 Å². The van der Waals surface area contributed by atoms with Gasteiger partial charge in [0, 0.05) is 20.1 Å². The first-order chi connectivity index (χ1) is 13.8. The average Bonchev–Trinajstić information content (AvgIpc) is 2.72. The second kappa shape index (κ2) is 8.51. The number of carbonyl (C=O) groups is 1. The summed E-state index contributed by atoms with van der Waals surface area (Å²) in [6, 6.07) is 11.2. The fourth-order valence-corrected chi connectivity index (χ4v) is 4.80. The third-order valence-corrected chi connectivity index (χ3v) is 7.05. The summed E-state index contributed by atoms with van der Waals surface area (Å²) in [5.74, 6) is -0.765. The van der Waals surface area contributed by atoms with Gasteiger partial charge in [0.05, 0.1) is 12.9 Å². The Kier molecular flexibility index (Phi) is 6.24. The molecule has 29 heavy (non-hydrogen) atoms. The van der Waals surface area contributed by atoms with Crippen LogP contribution in [-0.4, -0.2) is 49.5 Å². The highest BCUT2D eigenvalue weighted by molar-refractivity contribution is 7.89. The molecule has 3 rings (SSSR count). The number of sulfonamides is 1. The van der Waals surface area contributed by atoms with Crippen molar-refractivity contribution >= 4 is 15.9 Å². The molecule has 0 radical (unpaired) electrons. The van der Waals surface area contributed by atoms with E-state index in [1.807, 2.05) is 24.3 Å². The van der Waals surface area contributed by atoms with Crippen LogP contribution in [0.15, 0.2) is 42.5 Å². The van der Waals surface area contributed by atoms with Crippen LogP contribution >= 0.6 is 0 Å². The molecular formula is C21H25FN2O4S. The van der Waals surface area contributed by atoms with Crippen molar-refractivity contribution in [3.63, 3.8) is 0 Å². The topological polar surface area (TPSA) is 66.9 Å². The van der Waals surface area contributed by atoms with E-state index in [0.29, 0.717) is 12.0 Å². The van der Waals surface area contributed by atoms with Gasteiger partial charge in [-0.15, -0.1) is 0 Å². The number of nitrogens with zero attached hydrogens (tertiary/aromatic N) is 2. The molecule has 1 aliphatic heterocycles. The number of amides is 1. The van der Waals surface area contributed by atoms with Gasteiger partial charge >= 0.3 is 0 Å². The molecule has 0 aromatic heterocycles. The van der Waals surface area contributed by atoms with Crippen LogP contribution < -0.4 is 4.74 Å². The second-order valence-corrected chi connectivity index (χ2v) is 9.31. The van der Waals surface area contributed by atoms with E-state index < -0.39 is 21.9 Å². The molecule has 6 nitrogen and oxygen atoms in total. The average molecular weight is 421 g/mol. The molecule has 0 aliphatic carbocycles. The standard InChI is InChI=1S/C21H25FN2O4S/c1-4-29(26,27)24-14-17-8-6-5-7-16(17)12-19(24)21(25)23(2)13-15-9-10-20(28-3)18(22)11-15/h5-11,19H,4,12-14H2,1-3H3/t19-/m0/s1. The fourth-order valence-electron chi connectivity index (χ4n) is 3.58. The predicted molar refractivity (Wildman–Crippen MR) is 108 cm³/mol. The van der Waals surface area contributed by atoms with Crippen LogP contribution in [0.3, 0.4) is 0 Å². The molecule has 0 bridgehead atoms. The number of likely N-dealkylation sites (N-methyl/N-ethyl adjacent to an activating group) is 1. The maximum absolute atomic E-state index is 14.0. The molecule has 0 spiro atoms. The number of benzene rings is 2. The number of carbonyl (C=O) groups excluding carboxylic acids is 1. The molecule has 156 valence electrons. The van der Waals surface area contributed by atoms with E-state index >= 15 is 0 Å². The highest BCUT2D eigenvalue weighted by atomic mass is 32.2. The molecular weight excluding hydrogens is 395 g/mol. The van der Waals surface area contributed by atoms with E-state index in [4.69, 9.17) is 4.74 Å². The second-order valence-electron chi connectivity index (χ2n) is 7.10. The number of hydrogen-bond donors (Lipinski definition) is 0. The van der Waals surface area contributed by atoms with Crippen molar-refractivity contribution in [1.29, 1.82) is 0 Å². The summed E-state index contributed by atoms with van der Waals surface area (Å²) in [4.78, 5) is 14.6. The number of ether oxygens (including phenoxy) is 1. The Labute approximate surface area is 170 Å². The SMILES string of the molecule is CCS(=O)(=O)N1Cc2ccccc2C[C@H]1C(=O)N(C)Cc1ccc(OC)c(F)c1. The number of hydrogen-bond acceptors (Lipinski definition) is 4. The van der Waals surface area contributed by atoms with Gasteiger partial charge < -0.3 is 9.64 Å². The smallest absolute Gasteiger partial charge is 0.241 e. The van der Waals surface area contributed by atoms with Crippen LogP contribution in [0.25, 0.3) is 0 Å². The first-order valence-corrected chi connectivity index (χ1v) is 11.0. The molecule has 8 heteroatoms. The van der Waals surface area contributed by atoms with Crippen molar-refractivity contribution in [3.05, 3.63) is 65.0 Å². The van der Waals surface area contributed by atoms with Crippen molar-refractivity contribution in [2.24, 2.45) is 0 Å². The highest BCUT2D eigenvalue weighted by Crippen LogP contribution is 2.27. The predicted octanol–water partition coefficient (Wildman–Crippen LogP) is 2.57. The van der Waals surface area contributed by atoms with E-state index in [9.17, 15) is 17.6 Å². The van der Waals surface area contributed by atoms with Gasteiger partial charge in [0.1, 0.15) is 6.04 Å². The van der Waals surface area contributed by atoms with Crippen LogP contribution in [-0.2, 0) is 34.3 Å². The molecule has 0 N–H and O–H groups in total. The molecule has 0 unspecified atom stereocenters. The molecule has 1 atom stereocenters. The third-order valence-electron chi connectivity index (χ3n) is 5.22. The van der Waals surface area contributed by atoms with E-state index in [1.54, 1.807) is 20.0 Å². The Morgan fingerprint density at radius 2 is 1.93 bits per heavy atom. The largest absolute Gasteiger partial charge is 0.494 e. The molecule has 2 aromatic rings. The van der Waals surface area contributed by atoms with Crippen molar-refractivity contribution in [1.82, 2.24) is 9.21 Å². The zero-order chi connectivity index (χ0) is 21.2. The molecule has 1 aliphatic rings. The zero-order valence-corrected chi connectivity index (χ0v) is 17.6. The maximum atomic E-state index is 14.0. The van der Waals surface area contributed by atoms with Gasteiger partial charge in [-0.2, -0.15) is 4.31 Å². The quantitative estimate of drug-likeness (QED) is 0.721. The Balaban J connectivity index is 1.85. The number of halogens is 1. The lowest BCUT2D eigenvalue weighted by Crippen LogP contribution is -2.53. The molecule has 1 heterocycles. The lowest BCUT2D eigenvalue weighted by molar-refractivity contribution is -0.135. The summed E-state index contributed by atoms with van der Waals surface area (Å²) < 4.78 is 45.5. The summed E-state index contributed by atoms with van der Waals surface area (Å²) in [6.07, 6.45) is 0.315. The van der Waals surface area contributed by atoms with Gasteiger partial charge in [-0.05, 0) is 42.2 Å². The Morgan fingerprint density at radius 3 is 2.55 bits per heavy atom. The minimum atomic E-state index is -3.57. The van der Waals surface area contributed by atoms with E-state index in [1.165, 1.54) is 28.4 Å². The lowest BCUT2D eigenvalue weighted by Gasteiger charge is -2.36. The maximum Gasteiger partial charge on any atom is 0.241 e. The molecule has 0 saturated heterocycles. The summed E-state index contributed by atoms with van der Waals surface area (Å²) in [7, 11) is -0.586. The van der Waals surface area contributed by atoms with Crippen LogP contribution in [0, 0.1) is 5.82 Å². The van der Waals surface area contributed by atoms with E-state index in [-0.39, 0.29) is 30.5 Å². The summed E-state index contributed by atoms with van der Waals surface area (Å²) >= 11 is 0. The van der Waals surface area contributed by atoms with Crippen LogP contribution in [0.4, 0.5) is 4.39 Å². The molecule has 0 saturated carbocycles. The Hall–Kier alpha value is -2.45. The van der Waals surface area contributed by atoms with Crippen molar-refractivity contribution in [3.8, 4) is 5.75 Å². The van der Waals surface area contributed by atoms with Crippen LogP contribution in [0.2, 0.25) is 0 Å². The number of methoxy groups -OCH3 is 1. The van der Waals surface area contributed by atoms with Crippen LogP contribution in [0.1, 0.15) is 23.6 Å². The van der Waals surface area contributed by atoms with Crippen molar-refractivity contribution in [2.45, 2.75) is 32.5 Å². The minimum Gasteiger partial charge on any atom is -0.494 e. The van der Waals surface area contributed by atoms with Gasteiger partial charge in [0.15, 0.2) is 11.6 Å². The lowest BCUT2D eigenvalue weighted by atomic mass is 9.95. The molecule has 2 aromatic carbocycles. The van der Waals surface area contributed by atoms with Crippen molar-refractivity contribution < 1.29 is 22.3 Å². The van der Waals surface area contributed by atoms with E-state index in [0.717, 1.165) is 11.1 Å². The third kappa shape index (κ3) is 4.43. The molecule has 0 fully saturated rings. The first kappa shape index (κ1) is 21.3. The van der Waals surface area contributed by atoms with Gasteiger partial charge in [0.2, 0.25) is 15.9 Å². The van der Waals surface area contributed by atoms with Gasteiger partial charge in [-0.25, -0.2) is 12.8 Å². The normalized spacial score (nSPS) is 16.9. The number of fused-ring (bicyclic) bond motifs is 1. The zero-order valence-electron chi connectivity index (χ0n) is 16.8. The fraction of sp³-hybridized carbons (Fsp3) is 0.381. The minimum absolute atomic E-state index is 0.0770. The number of rotatable bonds is 6. The van der Waals surface area contributed by atoms with Gasteiger partial charge in [-0.1, -0.05) is 30.3 Å². The highest BCUT2D eigenvalue weighted by Gasteiger charge is 2.39. The van der Waals surface area contributed by atoms with Gasteiger partial charge in [0.25, 0.3) is 0 Å². The summed E-state index contributed by atoms with van der Waals surface area (Å²) in [5.41, 5.74) is 2.48. The summed E-state index contributed by atoms with van der Waals surface area (Å²) in [5, 5.41) is 0. The molecule has 1 amide bonds.